The van der Waals surface area contributed by atoms with E-state index < -0.39 is 5.60 Å². The minimum atomic E-state index is -0.639. The van der Waals surface area contributed by atoms with Gasteiger partial charge in [0.2, 0.25) is 0 Å². The number of benzene rings is 1. The van der Waals surface area contributed by atoms with Gasteiger partial charge in [-0.05, 0) is 50.0 Å². The summed E-state index contributed by atoms with van der Waals surface area (Å²) in [7, 11) is 3.51. The van der Waals surface area contributed by atoms with E-state index in [2.05, 4.69) is 33.4 Å². The van der Waals surface area contributed by atoms with Crippen LogP contribution in [0.5, 0.6) is 0 Å². The smallest absolute Gasteiger partial charge is 0.254 e. The molecular weight excluding hydrogens is 332 g/mol. The molecule has 2 rings (SSSR count). The Morgan fingerprint density at radius 1 is 1.33 bits per heavy atom. The second kappa shape index (κ2) is 7.38. The first-order valence-electron chi connectivity index (χ1n) is 7.33. The highest BCUT2D eigenvalue weighted by molar-refractivity contribution is 9.10. The highest BCUT2D eigenvalue weighted by Gasteiger charge is 2.41. The summed E-state index contributed by atoms with van der Waals surface area (Å²) in [5, 5.41) is 3.28. The number of carbonyl (C=O) groups excluding carboxylic acids is 1. The summed E-state index contributed by atoms with van der Waals surface area (Å²) in [6.07, 6.45) is 2.34. The van der Waals surface area contributed by atoms with Crippen molar-refractivity contribution in [1.82, 2.24) is 10.2 Å². The van der Waals surface area contributed by atoms with Crippen molar-refractivity contribution >= 4 is 21.8 Å². The number of halogens is 1. The Hall–Kier alpha value is -0.910. The average molecular weight is 355 g/mol. The van der Waals surface area contributed by atoms with Crippen molar-refractivity contribution in [3.05, 3.63) is 34.3 Å². The summed E-state index contributed by atoms with van der Waals surface area (Å²) >= 11 is 3.43. The molecule has 0 spiro atoms. The van der Waals surface area contributed by atoms with Gasteiger partial charge in [0, 0.05) is 25.2 Å². The van der Waals surface area contributed by atoms with Crippen molar-refractivity contribution < 1.29 is 9.53 Å². The number of ether oxygens (including phenoxy) is 1. The number of methoxy groups -OCH3 is 1. The Bertz CT molecular complexity index is 470. The van der Waals surface area contributed by atoms with Crippen LogP contribution in [0.2, 0.25) is 0 Å². The molecule has 5 heteroatoms. The Balaban J connectivity index is 1.93. The summed E-state index contributed by atoms with van der Waals surface area (Å²) in [6, 6.07) is 8.22. The van der Waals surface area contributed by atoms with Crippen molar-refractivity contribution in [2.45, 2.75) is 24.9 Å². The van der Waals surface area contributed by atoms with E-state index in [1.807, 2.05) is 19.2 Å². The molecule has 4 nitrogen and oxygen atoms in total. The van der Waals surface area contributed by atoms with Gasteiger partial charge in [0.1, 0.15) is 5.60 Å². The largest absolute Gasteiger partial charge is 0.368 e. The van der Waals surface area contributed by atoms with Gasteiger partial charge in [-0.2, -0.15) is 0 Å². The Labute approximate surface area is 135 Å². The van der Waals surface area contributed by atoms with Crippen LogP contribution in [-0.4, -0.2) is 50.2 Å². The lowest BCUT2D eigenvalue weighted by molar-refractivity contribution is -0.156. The zero-order valence-electron chi connectivity index (χ0n) is 12.7. The molecule has 1 fully saturated rings. The Morgan fingerprint density at radius 3 is 2.52 bits per heavy atom. The van der Waals surface area contributed by atoms with Crippen molar-refractivity contribution in [3.63, 3.8) is 0 Å². The van der Waals surface area contributed by atoms with Gasteiger partial charge in [0.15, 0.2) is 0 Å². The maximum atomic E-state index is 12.7. The van der Waals surface area contributed by atoms with Crippen LogP contribution in [0, 0.1) is 0 Å². The molecule has 0 aliphatic carbocycles. The van der Waals surface area contributed by atoms with Crippen LogP contribution >= 0.6 is 15.9 Å². The summed E-state index contributed by atoms with van der Waals surface area (Å²) < 4.78 is 6.66. The maximum Gasteiger partial charge on any atom is 0.254 e. The molecule has 0 unspecified atom stereocenters. The molecule has 1 N–H and O–H groups in total. The molecule has 1 aromatic rings. The van der Waals surface area contributed by atoms with Crippen LogP contribution in [0.1, 0.15) is 18.4 Å². The zero-order chi connectivity index (χ0) is 15.3. The molecule has 1 aromatic carbocycles. The molecule has 21 heavy (non-hydrogen) atoms. The molecule has 0 bridgehead atoms. The minimum absolute atomic E-state index is 0.101. The number of likely N-dealkylation sites (N-methyl/N-ethyl adjacent to an activating group) is 1. The number of piperidine rings is 1. The Morgan fingerprint density at radius 2 is 1.95 bits per heavy atom. The third-order valence-electron chi connectivity index (χ3n) is 4.19. The lowest BCUT2D eigenvalue weighted by atomic mass is 9.90. The fourth-order valence-corrected chi connectivity index (χ4v) is 3.00. The molecule has 1 aliphatic rings. The van der Waals surface area contributed by atoms with Crippen LogP contribution in [0.15, 0.2) is 28.7 Å². The number of amides is 1. The molecule has 1 heterocycles. The SMILES string of the molecule is COC1(C(=O)N(C)CCc2ccc(Br)cc2)CCNCC1. The van der Waals surface area contributed by atoms with Gasteiger partial charge in [-0.1, -0.05) is 28.1 Å². The lowest BCUT2D eigenvalue weighted by Crippen LogP contribution is -2.54. The fraction of sp³-hybridized carbons (Fsp3) is 0.562. The molecule has 1 saturated heterocycles. The number of carbonyl (C=O) groups is 1. The second-order valence-electron chi connectivity index (χ2n) is 5.55. The topological polar surface area (TPSA) is 41.6 Å². The third kappa shape index (κ3) is 4.05. The van der Waals surface area contributed by atoms with Gasteiger partial charge in [0.25, 0.3) is 5.91 Å². The van der Waals surface area contributed by atoms with Crippen LogP contribution < -0.4 is 5.32 Å². The maximum absolute atomic E-state index is 12.7. The van der Waals surface area contributed by atoms with Crippen molar-refractivity contribution in [1.29, 1.82) is 0 Å². The lowest BCUT2D eigenvalue weighted by Gasteiger charge is -2.37. The predicted octanol–water partition coefficient (Wildman–Crippen LogP) is 2.22. The highest BCUT2D eigenvalue weighted by Crippen LogP contribution is 2.24. The molecule has 1 aliphatic heterocycles. The van der Waals surface area contributed by atoms with Crippen LogP contribution in [-0.2, 0) is 16.0 Å². The monoisotopic (exact) mass is 354 g/mol. The highest BCUT2D eigenvalue weighted by atomic mass is 79.9. The third-order valence-corrected chi connectivity index (χ3v) is 4.72. The van der Waals surface area contributed by atoms with E-state index in [0.29, 0.717) is 6.54 Å². The number of rotatable bonds is 5. The number of hydrogen-bond acceptors (Lipinski definition) is 3. The van der Waals surface area contributed by atoms with Gasteiger partial charge in [0.05, 0.1) is 0 Å². The molecule has 116 valence electrons. The van der Waals surface area contributed by atoms with Crippen molar-refractivity contribution in [3.8, 4) is 0 Å². The van der Waals surface area contributed by atoms with Crippen molar-refractivity contribution in [2.24, 2.45) is 0 Å². The first-order chi connectivity index (χ1) is 10.1. The molecule has 0 radical (unpaired) electrons. The standard InChI is InChI=1S/C16H23BrN2O2/c1-19(12-7-13-3-5-14(17)6-4-13)15(20)16(21-2)8-10-18-11-9-16/h3-6,18H,7-12H2,1-2H3. The van der Waals surface area contributed by atoms with E-state index in [9.17, 15) is 4.79 Å². The van der Waals surface area contributed by atoms with E-state index in [1.54, 1.807) is 12.0 Å². The first-order valence-corrected chi connectivity index (χ1v) is 8.12. The van der Waals surface area contributed by atoms with Crippen LogP contribution in [0.3, 0.4) is 0 Å². The van der Waals surface area contributed by atoms with Gasteiger partial charge in [-0.25, -0.2) is 0 Å². The van der Waals surface area contributed by atoms with E-state index in [0.717, 1.165) is 36.8 Å². The van der Waals surface area contributed by atoms with E-state index in [-0.39, 0.29) is 5.91 Å². The van der Waals surface area contributed by atoms with Crippen LogP contribution in [0.4, 0.5) is 0 Å². The molecule has 1 amide bonds. The van der Waals surface area contributed by atoms with Crippen molar-refractivity contribution in [2.75, 3.05) is 33.8 Å². The number of nitrogens with zero attached hydrogens (tertiary/aromatic N) is 1. The number of hydrogen-bond donors (Lipinski definition) is 1. The quantitative estimate of drug-likeness (QED) is 0.881. The minimum Gasteiger partial charge on any atom is -0.368 e. The zero-order valence-corrected chi connectivity index (χ0v) is 14.3. The Kier molecular flexibility index (Phi) is 5.79. The summed E-state index contributed by atoms with van der Waals surface area (Å²) in [6.45, 7) is 2.37. The van der Waals surface area contributed by atoms with Gasteiger partial charge < -0.3 is 15.0 Å². The van der Waals surface area contributed by atoms with E-state index >= 15 is 0 Å². The normalized spacial score (nSPS) is 17.5. The predicted molar refractivity (Wildman–Crippen MR) is 87.3 cm³/mol. The van der Waals surface area contributed by atoms with Gasteiger partial charge in [-0.3, -0.25) is 4.79 Å². The summed E-state index contributed by atoms with van der Waals surface area (Å²) in [4.78, 5) is 14.5. The first kappa shape index (κ1) is 16.5. The molecule has 0 saturated carbocycles. The molecule has 0 aromatic heterocycles. The van der Waals surface area contributed by atoms with Crippen LogP contribution in [0.25, 0.3) is 0 Å². The second-order valence-corrected chi connectivity index (χ2v) is 6.47. The molecular formula is C16H23BrN2O2. The van der Waals surface area contributed by atoms with E-state index in [4.69, 9.17) is 4.74 Å². The van der Waals surface area contributed by atoms with E-state index in [1.165, 1.54) is 5.56 Å². The summed E-state index contributed by atoms with van der Waals surface area (Å²) in [5.41, 5.74) is 0.592. The fourth-order valence-electron chi connectivity index (χ4n) is 2.73. The summed E-state index contributed by atoms with van der Waals surface area (Å²) in [5.74, 6) is 0.101. The number of nitrogens with one attached hydrogen (secondary N) is 1. The molecule has 0 atom stereocenters. The average Bonchev–Trinajstić information content (AvgIpc) is 2.54. The van der Waals surface area contributed by atoms with Gasteiger partial charge >= 0.3 is 0 Å². The van der Waals surface area contributed by atoms with Gasteiger partial charge in [-0.15, -0.1) is 0 Å².